The summed E-state index contributed by atoms with van der Waals surface area (Å²) in [6, 6.07) is 16.4. The highest BCUT2D eigenvalue weighted by atomic mass is 32.2. The third-order valence-corrected chi connectivity index (χ3v) is 8.01. The van der Waals surface area contributed by atoms with E-state index in [2.05, 4.69) is 20.5 Å². The van der Waals surface area contributed by atoms with E-state index in [9.17, 15) is 17.6 Å². The van der Waals surface area contributed by atoms with Crippen LogP contribution >= 0.6 is 0 Å². The molecule has 0 bridgehead atoms. The number of aryl methyl sites for hydroxylation is 1. The van der Waals surface area contributed by atoms with Crippen molar-refractivity contribution in [2.24, 2.45) is 0 Å². The first-order valence-electron chi connectivity index (χ1n) is 12.7. The van der Waals surface area contributed by atoms with Gasteiger partial charge in [-0.2, -0.15) is 5.10 Å². The normalized spacial score (nSPS) is 15.6. The van der Waals surface area contributed by atoms with E-state index in [-0.39, 0.29) is 22.7 Å². The number of halogens is 1. The van der Waals surface area contributed by atoms with E-state index >= 15 is 0 Å². The molecular formula is C28H30FN5O5S. The SMILES string of the molecule is COc1cccc2c1c(NS(=O)(=O)c1ccc(C)c(F)c1)nn2Cc1cccc(CNC(=O)[C@@H]2COCCN2)c1. The number of anilines is 1. The average Bonchev–Trinajstić information content (AvgIpc) is 3.30. The number of aromatic nitrogens is 2. The van der Waals surface area contributed by atoms with Crippen LogP contribution in [0.15, 0.2) is 65.6 Å². The fraction of sp³-hybridized carbons (Fsp3) is 0.286. The van der Waals surface area contributed by atoms with Gasteiger partial charge < -0.3 is 20.1 Å². The highest BCUT2D eigenvalue weighted by Crippen LogP contribution is 2.34. The molecule has 1 saturated heterocycles. The van der Waals surface area contributed by atoms with Crippen LogP contribution in [0.3, 0.4) is 0 Å². The molecule has 1 fully saturated rings. The van der Waals surface area contributed by atoms with Gasteiger partial charge in [0, 0.05) is 13.1 Å². The van der Waals surface area contributed by atoms with E-state index in [4.69, 9.17) is 9.47 Å². The summed E-state index contributed by atoms with van der Waals surface area (Å²) in [7, 11) is -2.64. The van der Waals surface area contributed by atoms with Crippen LogP contribution in [0.4, 0.5) is 10.2 Å². The summed E-state index contributed by atoms with van der Waals surface area (Å²) in [5.74, 6) is -0.233. The third kappa shape index (κ3) is 5.93. The van der Waals surface area contributed by atoms with Gasteiger partial charge in [-0.3, -0.25) is 14.2 Å². The van der Waals surface area contributed by atoms with E-state index in [0.717, 1.165) is 17.2 Å². The largest absolute Gasteiger partial charge is 0.496 e. The summed E-state index contributed by atoms with van der Waals surface area (Å²) >= 11 is 0. The first kappa shape index (κ1) is 27.6. The molecule has 0 spiro atoms. The Kier molecular flexibility index (Phi) is 8.01. The van der Waals surface area contributed by atoms with Crippen molar-refractivity contribution in [2.45, 2.75) is 31.0 Å². The summed E-state index contributed by atoms with van der Waals surface area (Å²) in [5.41, 5.74) is 2.79. The molecule has 210 valence electrons. The second-order valence-corrected chi connectivity index (χ2v) is 11.2. The highest BCUT2D eigenvalue weighted by Gasteiger charge is 2.23. The van der Waals surface area contributed by atoms with Crippen molar-refractivity contribution >= 4 is 32.7 Å². The van der Waals surface area contributed by atoms with Crippen LogP contribution in [-0.2, 0) is 32.6 Å². The number of nitrogens with one attached hydrogen (secondary N) is 3. The standard InChI is InChI=1S/C28H30FN5O5S/c1-18-9-10-21(14-22(18)29)40(36,37)33-27-26-24(7-4-8-25(26)38-2)34(32-27)16-20-6-3-5-19(13-20)15-31-28(35)23-17-39-12-11-30-23/h3-10,13-14,23,30H,11-12,15-17H2,1-2H3,(H,31,35)(H,32,33)/t23-/m0/s1. The number of sulfonamides is 1. The minimum Gasteiger partial charge on any atom is -0.496 e. The zero-order chi connectivity index (χ0) is 28.3. The van der Waals surface area contributed by atoms with Gasteiger partial charge in [-0.1, -0.05) is 36.4 Å². The number of nitrogens with zero attached hydrogens (tertiary/aromatic N) is 2. The maximum atomic E-state index is 14.1. The van der Waals surface area contributed by atoms with Crippen molar-refractivity contribution in [3.05, 3.63) is 83.2 Å². The molecule has 5 rings (SSSR count). The number of carbonyl (C=O) groups is 1. The van der Waals surface area contributed by atoms with Crippen LogP contribution in [0.25, 0.3) is 10.9 Å². The maximum Gasteiger partial charge on any atom is 0.263 e. The predicted molar refractivity (Wildman–Crippen MR) is 148 cm³/mol. The lowest BCUT2D eigenvalue weighted by molar-refractivity contribution is -0.126. The van der Waals surface area contributed by atoms with E-state index < -0.39 is 15.8 Å². The van der Waals surface area contributed by atoms with Crippen molar-refractivity contribution in [2.75, 3.05) is 31.6 Å². The number of amides is 1. The molecule has 12 heteroatoms. The molecule has 1 amide bonds. The zero-order valence-electron chi connectivity index (χ0n) is 22.1. The van der Waals surface area contributed by atoms with Gasteiger partial charge in [0.25, 0.3) is 10.0 Å². The second kappa shape index (κ2) is 11.6. The molecule has 3 N–H and O–H groups in total. The Morgan fingerprint density at radius 2 is 1.98 bits per heavy atom. The molecule has 10 nitrogen and oxygen atoms in total. The van der Waals surface area contributed by atoms with Crippen molar-refractivity contribution in [1.29, 1.82) is 0 Å². The number of benzene rings is 3. The first-order valence-corrected chi connectivity index (χ1v) is 14.2. The number of fused-ring (bicyclic) bond motifs is 1. The van der Waals surface area contributed by atoms with Crippen LogP contribution in [0, 0.1) is 12.7 Å². The van der Waals surface area contributed by atoms with Gasteiger partial charge in [0.15, 0.2) is 5.82 Å². The fourth-order valence-corrected chi connectivity index (χ4v) is 5.56. The zero-order valence-corrected chi connectivity index (χ0v) is 22.9. The Hall–Kier alpha value is -4.00. The lowest BCUT2D eigenvalue weighted by atomic mass is 10.1. The monoisotopic (exact) mass is 567 g/mol. The minimum absolute atomic E-state index is 0.0686. The van der Waals surface area contributed by atoms with E-state index in [1.165, 1.54) is 19.2 Å². The Labute approximate surface area is 231 Å². The lowest BCUT2D eigenvalue weighted by Gasteiger charge is -2.22. The molecule has 0 unspecified atom stereocenters. The second-order valence-electron chi connectivity index (χ2n) is 9.50. The Morgan fingerprint density at radius 3 is 2.73 bits per heavy atom. The molecule has 3 aromatic carbocycles. The number of rotatable bonds is 9. The molecule has 2 heterocycles. The number of hydrogen-bond donors (Lipinski definition) is 3. The Morgan fingerprint density at radius 1 is 1.18 bits per heavy atom. The van der Waals surface area contributed by atoms with Gasteiger partial charge in [-0.05, 0) is 47.9 Å². The average molecular weight is 568 g/mol. The highest BCUT2D eigenvalue weighted by molar-refractivity contribution is 7.92. The summed E-state index contributed by atoms with van der Waals surface area (Å²) in [5, 5.41) is 11.1. The van der Waals surface area contributed by atoms with Crippen LogP contribution in [-0.4, -0.2) is 57.0 Å². The van der Waals surface area contributed by atoms with Crippen molar-refractivity contribution in [1.82, 2.24) is 20.4 Å². The number of ether oxygens (including phenoxy) is 2. The number of morpholine rings is 1. The molecule has 0 radical (unpaired) electrons. The minimum atomic E-state index is -4.14. The Bertz CT molecular complexity index is 1650. The molecule has 1 aliphatic heterocycles. The van der Waals surface area contributed by atoms with Gasteiger partial charge in [-0.15, -0.1) is 0 Å². The van der Waals surface area contributed by atoms with Crippen LogP contribution in [0.1, 0.15) is 16.7 Å². The first-order chi connectivity index (χ1) is 19.2. The van der Waals surface area contributed by atoms with Gasteiger partial charge >= 0.3 is 0 Å². The molecule has 4 aromatic rings. The van der Waals surface area contributed by atoms with Crippen molar-refractivity contribution in [3.63, 3.8) is 0 Å². The van der Waals surface area contributed by atoms with Gasteiger partial charge in [0.05, 0.1) is 42.7 Å². The molecule has 0 saturated carbocycles. The topological polar surface area (TPSA) is 124 Å². The van der Waals surface area contributed by atoms with E-state index in [1.807, 2.05) is 30.3 Å². The summed E-state index contributed by atoms with van der Waals surface area (Å²) in [6.07, 6.45) is 0. The smallest absolute Gasteiger partial charge is 0.263 e. The number of hydrogen-bond acceptors (Lipinski definition) is 7. The van der Waals surface area contributed by atoms with Gasteiger partial charge in [-0.25, -0.2) is 12.8 Å². The van der Waals surface area contributed by atoms with Crippen LogP contribution in [0.2, 0.25) is 0 Å². The van der Waals surface area contributed by atoms with Gasteiger partial charge in [0.2, 0.25) is 5.91 Å². The van der Waals surface area contributed by atoms with Gasteiger partial charge in [0.1, 0.15) is 17.6 Å². The maximum absolute atomic E-state index is 14.1. The van der Waals surface area contributed by atoms with Crippen LogP contribution in [0.5, 0.6) is 5.75 Å². The molecular weight excluding hydrogens is 537 g/mol. The van der Waals surface area contributed by atoms with Crippen molar-refractivity contribution in [3.8, 4) is 5.75 Å². The number of methoxy groups -OCH3 is 1. The lowest BCUT2D eigenvalue weighted by Crippen LogP contribution is -2.51. The Balaban J connectivity index is 1.40. The molecule has 1 aromatic heterocycles. The quantitative estimate of drug-likeness (QED) is 0.284. The number of carbonyl (C=O) groups excluding carboxylic acids is 1. The summed E-state index contributed by atoms with van der Waals surface area (Å²) < 4.78 is 55.5. The van der Waals surface area contributed by atoms with E-state index in [1.54, 1.807) is 23.7 Å². The van der Waals surface area contributed by atoms with Crippen molar-refractivity contribution < 1.29 is 27.1 Å². The molecule has 0 aliphatic carbocycles. The molecule has 40 heavy (non-hydrogen) atoms. The summed E-state index contributed by atoms with van der Waals surface area (Å²) in [6.45, 7) is 3.79. The third-order valence-electron chi connectivity index (χ3n) is 6.67. The molecule has 1 atom stereocenters. The predicted octanol–water partition coefficient (Wildman–Crippen LogP) is 2.95. The fourth-order valence-electron chi connectivity index (χ4n) is 4.54. The summed E-state index contributed by atoms with van der Waals surface area (Å²) in [4.78, 5) is 12.2. The molecule has 1 aliphatic rings. The van der Waals surface area contributed by atoms with Crippen LogP contribution < -0.4 is 20.1 Å². The van der Waals surface area contributed by atoms with E-state index in [0.29, 0.717) is 55.1 Å².